The fraction of sp³-hybridized carbons (Fsp3) is 0.867. The average molecular weight is 251 g/mol. The summed E-state index contributed by atoms with van der Waals surface area (Å²) in [5.41, 5.74) is 3.26. The van der Waals surface area contributed by atoms with Crippen molar-refractivity contribution >= 4 is 0 Å². The van der Waals surface area contributed by atoms with Crippen LogP contribution in [0.15, 0.2) is 0 Å². The monoisotopic (exact) mass is 251 g/mol. The number of nitrogens with two attached hydrogens (primary N) is 1. The Morgan fingerprint density at radius 2 is 2.00 bits per heavy atom. The van der Waals surface area contributed by atoms with Crippen LogP contribution in [0, 0.1) is 17.8 Å². The molecule has 18 heavy (non-hydrogen) atoms. The molecule has 0 heterocycles. The van der Waals surface area contributed by atoms with Crippen molar-refractivity contribution in [3.63, 3.8) is 0 Å². The van der Waals surface area contributed by atoms with E-state index in [0.717, 1.165) is 18.8 Å². The zero-order valence-corrected chi connectivity index (χ0v) is 12.4. The van der Waals surface area contributed by atoms with Crippen molar-refractivity contribution in [3.8, 4) is 11.8 Å². The highest BCUT2D eigenvalue weighted by atomic mass is 15.3. The number of nitrogens with one attached hydrogen (secondary N) is 1. The third-order valence-corrected chi connectivity index (χ3v) is 4.62. The second-order valence-electron chi connectivity index (χ2n) is 5.87. The maximum atomic E-state index is 5.82. The van der Waals surface area contributed by atoms with Gasteiger partial charge >= 0.3 is 0 Å². The Morgan fingerprint density at radius 1 is 1.39 bits per heavy atom. The van der Waals surface area contributed by atoms with Gasteiger partial charge in [-0.05, 0) is 59.0 Å². The molecule has 3 heteroatoms. The normalized spacial score (nSPS) is 29.8. The molecular formula is C15H29N3. The highest BCUT2D eigenvalue weighted by Crippen LogP contribution is 2.38. The highest BCUT2D eigenvalue weighted by Gasteiger charge is 2.42. The van der Waals surface area contributed by atoms with Gasteiger partial charge in [-0.25, -0.2) is 0 Å². The molecule has 3 N–H and O–H groups in total. The standard InChI is InChI=1S/C15H29N3/c1-5-6-7-8-14(17-16)15(18(3)4)11-9-13(2)10-12-15/h13-14,17H,7-12,16H2,1-4H3. The molecule has 1 atom stereocenters. The van der Waals surface area contributed by atoms with E-state index in [2.05, 4.69) is 43.2 Å². The summed E-state index contributed by atoms with van der Waals surface area (Å²) < 4.78 is 0. The van der Waals surface area contributed by atoms with Crippen molar-refractivity contribution in [1.29, 1.82) is 0 Å². The zero-order valence-electron chi connectivity index (χ0n) is 12.4. The van der Waals surface area contributed by atoms with Crippen LogP contribution in [-0.2, 0) is 0 Å². The van der Waals surface area contributed by atoms with Crippen LogP contribution in [0.4, 0.5) is 0 Å². The van der Waals surface area contributed by atoms with Crippen molar-refractivity contribution < 1.29 is 0 Å². The average Bonchev–Trinajstić information content (AvgIpc) is 2.36. The Bertz CT molecular complexity index is 293. The van der Waals surface area contributed by atoms with Crippen LogP contribution in [0.3, 0.4) is 0 Å². The first-order valence-corrected chi connectivity index (χ1v) is 7.10. The SMILES string of the molecule is CC#CCCC(NN)C1(N(C)C)CCC(C)CC1. The Labute approximate surface area is 112 Å². The quantitative estimate of drug-likeness (QED) is 0.447. The van der Waals surface area contributed by atoms with Gasteiger partial charge in [0.05, 0.1) is 0 Å². The van der Waals surface area contributed by atoms with Crippen molar-refractivity contribution in [2.45, 2.75) is 64.0 Å². The molecule has 3 nitrogen and oxygen atoms in total. The van der Waals surface area contributed by atoms with Gasteiger partial charge in [0, 0.05) is 18.0 Å². The first-order chi connectivity index (χ1) is 8.56. The first-order valence-electron chi connectivity index (χ1n) is 7.10. The summed E-state index contributed by atoms with van der Waals surface area (Å²) >= 11 is 0. The fourth-order valence-corrected chi connectivity index (χ4v) is 3.22. The number of hydrogen-bond donors (Lipinski definition) is 2. The lowest BCUT2D eigenvalue weighted by atomic mass is 9.71. The van der Waals surface area contributed by atoms with Gasteiger partial charge in [0.2, 0.25) is 0 Å². The number of rotatable bonds is 5. The van der Waals surface area contributed by atoms with Crippen LogP contribution in [-0.4, -0.2) is 30.6 Å². The van der Waals surface area contributed by atoms with Gasteiger partial charge < -0.3 is 4.90 Å². The summed E-state index contributed by atoms with van der Waals surface area (Å²) in [5.74, 6) is 12.8. The summed E-state index contributed by atoms with van der Waals surface area (Å²) in [6.07, 6.45) is 7.03. The molecule has 0 aromatic carbocycles. The van der Waals surface area contributed by atoms with Crippen molar-refractivity contribution in [1.82, 2.24) is 10.3 Å². The summed E-state index contributed by atoms with van der Waals surface area (Å²) in [4.78, 5) is 2.38. The number of likely N-dealkylation sites (N-methyl/N-ethyl adjacent to an activating group) is 1. The molecule has 1 aliphatic carbocycles. The van der Waals surface area contributed by atoms with E-state index in [4.69, 9.17) is 5.84 Å². The Balaban J connectivity index is 2.76. The first kappa shape index (κ1) is 15.5. The van der Waals surface area contributed by atoms with E-state index in [1.165, 1.54) is 25.7 Å². The minimum Gasteiger partial charge on any atom is -0.302 e. The minimum absolute atomic E-state index is 0.205. The van der Waals surface area contributed by atoms with E-state index in [9.17, 15) is 0 Å². The van der Waals surface area contributed by atoms with Crippen molar-refractivity contribution in [2.75, 3.05) is 14.1 Å². The predicted octanol–water partition coefficient (Wildman–Crippen LogP) is 2.13. The molecule has 0 saturated heterocycles. The van der Waals surface area contributed by atoms with E-state index in [1.54, 1.807) is 0 Å². The number of hydrazine groups is 1. The van der Waals surface area contributed by atoms with Gasteiger partial charge in [-0.3, -0.25) is 11.3 Å². The summed E-state index contributed by atoms with van der Waals surface area (Å²) in [6, 6.07) is 0.334. The molecule has 0 spiro atoms. The Kier molecular flexibility index (Phi) is 6.14. The molecule has 1 rings (SSSR count). The third kappa shape index (κ3) is 3.47. The van der Waals surface area contributed by atoms with Crippen molar-refractivity contribution in [3.05, 3.63) is 0 Å². The summed E-state index contributed by atoms with van der Waals surface area (Å²) in [6.45, 7) is 4.25. The smallest absolute Gasteiger partial charge is 0.0403 e. The van der Waals surface area contributed by atoms with Crippen LogP contribution in [0.1, 0.15) is 52.4 Å². The molecular weight excluding hydrogens is 222 g/mol. The molecule has 1 fully saturated rings. The molecule has 0 aromatic rings. The largest absolute Gasteiger partial charge is 0.302 e. The third-order valence-electron chi connectivity index (χ3n) is 4.62. The van der Waals surface area contributed by atoms with Crippen LogP contribution in [0.5, 0.6) is 0 Å². The molecule has 1 unspecified atom stereocenters. The maximum Gasteiger partial charge on any atom is 0.0403 e. The minimum atomic E-state index is 0.205. The Morgan fingerprint density at radius 3 is 2.44 bits per heavy atom. The predicted molar refractivity (Wildman–Crippen MR) is 77.8 cm³/mol. The van der Waals surface area contributed by atoms with Gasteiger partial charge in [0.1, 0.15) is 0 Å². The van der Waals surface area contributed by atoms with E-state index >= 15 is 0 Å². The molecule has 1 aliphatic rings. The zero-order chi connectivity index (χ0) is 13.6. The molecule has 0 aliphatic heterocycles. The fourth-order valence-electron chi connectivity index (χ4n) is 3.22. The maximum absolute atomic E-state index is 5.82. The second-order valence-corrected chi connectivity index (χ2v) is 5.87. The van der Waals surface area contributed by atoms with E-state index < -0.39 is 0 Å². The Hall–Kier alpha value is -0.560. The van der Waals surface area contributed by atoms with E-state index in [1.807, 2.05) is 6.92 Å². The van der Waals surface area contributed by atoms with Gasteiger partial charge in [-0.2, -0.15) is 0 Å². The molecule has 0 bridgehead atoms. The molecule has 0 amide bonds. The van der Waals surface area contributed by atoms with Crippen molar-refractivity contribution in [2.24, 2.45) is 11.8 Å². The lowest BCUT2D eigenvalue weighted by Gasteiger charge is -2.49. The van der Waals surface area contributed by atoms with E-state index in [-0.39, 0.29) is 5.54 Å². The van der Waals surface area contributed by atoms with Crippen LogP contribution in [0.2, 0.25) is 0 Å². The second kappa shape index (κ2) is 7.13. The lowest BCUT2D eigenvalue weighted by Crippen LogP contribution is -2.61. The van der Waals surface area contributed by atoms with Crippen LogP contribution < -0.4 is 11.3 Å². The lowest BCUT2D eigenvalue weighted by molar-refractivity contribution is 0.0408. The summed E-state index contributed by atoms with van der Waals surface area (Å²) in [5, 5.41) is 0. The molecule has 104 valence electrons. The van der Waals surface area contributed by atoms with Gasteiger partial charge in [-0.1, -0.05) is 6.92 Å². The molecule has 0 aromatic heterocycles. The van der Waals surface area contributed by atoms with Gasteiger partial charge in [-0.15, -0.1) is 11.8 Å². The van der Waals surface area contributed by atoms with Crippen LogP contribution in [0.25, 0.3) is 0 Å². The topological polar surface area (TPSA) is 41.3 Å². The van der Waals surface area contributed by atoms with Crippen LogP contribution >= 0.6 is 0 Å². The highest BCUT2D eigenvalue weighted by molar-refractivity contribution is 5.03. The molecule has 0 radical (unpaired) electrons. The number of hydrogen-bond acceptors (Lipinski definition) is 3. The van der Waals surface area contributed by atoms with E-state index in [0.29, 0.717) is 6.04 Å². The van der Waals surface area contributed by atoms with Gasteiger partial charge in [0.25, 0.3) is 0 Å². The summed E-state index contributed by atoms with van der Waals surface area (Å²) in [7, 11) is 4.37. The molecule has 1 saturated carbocycles. The number of nitrogens with zero attached hydrogens (tertiary/aromatic N) is 1. The van der Waals surface area contributed by atoms with Gasteiger partial charge in [0.15, 0.2) is 0 Å².